The highest BCUT2D eigenvalue weighted by atomic mass is 16.5. The highest BCUT2D eigenvalue weighted by molar-refractivity contribution is 5.79. The molecule has 1 saturated carbocycles. The third-order valence-corrected chi connectivity index (χ3v) is 6.04. The Balaban J connectivity index is 1.65. The van der Waals surface area contributed by atoms with Gasteiger partial charge in [-0.05, 0) is 63.5 Å². The molecule has 0 aromatic rings. The predicted octanol–water partition coefficient (Wildman–Crippen LogP) is 2.43. The van der Waals surface area contributed by atoms with Crippen molar-refractivity contribution < 1.29 is 9.53 Å². The molecule has 0 aromatic heterocycles. The van der Waals surface area contributed by atoms with Gasteiger partial charge in [-0.15, -0.1) is 0 Å². The fraction of sp³-hybridized carbons (Fsp3) is 0.944. The first-order valence-corrected chi connectivity index (χ1v) is 9.28. The lowest BCUT2D eigenvalue weighted by molar-refractivity contribution is -0.142. The van der Waals surface area contributed by atoms with Crippen molar-refractivity contribution in [3.05, 3.63) is 0 Å². The van der Waals surface area contributed by atoms with E-state index in [1.807, 2.05) is 0 Å². The third-order valence-electron chi connectivity index (χ3n) is 6.04. The number of ether oxygens (including phenoxy) is 1. The Kier molecular flexibility index (Phi) is 5.40. The van der Waals surface area contributed by atoms with Gasteiger partial charge in [0.2, 0.25) is 5.91 Å². The monoisotopic (exact) mass is 308 g/mol. The van der Waals surface area contributed by atoms with Gasteiger partial charge < -0.3 is 15.0 Å². The van der Waals surface area contributed by atoms with Gasteiger partial charge in [0.15, 0.2) is 0 Å². The summed E-state index contributed by atoms with van der Waals surface area (Å²) in [5, 5.41) is 3.30. The Morgan fingerprint density at radius 1 is 1.23 bits per heavy atom. The van der Waals surface area contributed by atoms with Crippen LogP contribution < -0.4 is 5.32 Å². The number of rotatable bonds is 5. The molecule has 4 heteroatoms. The Hall–Kier alpha value is -0.610. The molecule has 3 rings (SSSR count). The van der Waals surface area contributed by atoms with Crippen molar-refractivity contribution in [3.8, 4) is 0 Å². The highest BCUT2D eigenvalue weighted by Gasteiger charge is 2.36. The lowest BCUT2D eigenvalue weighted by Crippen LogP contribution is -2.54. The molecule has 3 fully saturated rings. The molecule has 2 aliphatic heterocycles. The topological polar surface area (TPSA) is 41.6 Å². The zero-order valence-electron chi connectivity index (χ0n) is 14.2. The van der Waals surface area contributed by atoms with Gasteiger partial charge >= 0.3 is 0 Å². The first-order valence-electron chi connectivity index (χ1n) is 9.28. The van der Waals surface area contributed by atoms with Crippen molar-refractivity contribution in [1.82, 2.24) is 10.2 Å². The van der Waals surface area contributed by atoms with Crippen LogP contribution in [0.25, 0.3) is 0 Å². The van der Waals surface area contributed by atoms with Crippen molar-refractivity contribution in [2.75, 3.05) is 26.2 Å². The standard InChI is InChI=1S/C18H32N2O2/c1-13-5-7-16(8-6-13)20(12-17-4-3-9-22-17)18(21)14(2)15-10-19-11-15/h13-17,19H,3-12H2,1-2H3. The molecule has 2 heterocycles. The molecule has 4 nitrogen and oxygen atoms in total. The maximum atomic E-state index is 13.1. The van der Waals surface area contributed by atoms with Gasteiger partial charge in [0.05, 0.1) is 6.10 Å². The molecule has 0 aromatic carbocycles. The van der Waals surface area contributed by atoms with Crippen LogP contribution in [0.2, 0.25) is 0 Å². The molecule has 0 bridgehead atoms. The highest BCUT2D eigenvalue weighted by Crippen LogP contribution is 2.30. The molecule has 2 saturated heterocycles. The molecule has 0 radical (unpaired) electrons. The Labute approximate surface area is 135 Å². The molecule has 1 aliphatic carbocycles. The minimum Gasteiger partial charge on any atom is -0.376 e. The zero-order valence-corrected chi connectivity index (χ0v) is 14.2. The summed E-state index contributed by atoms with van der Waals surface area (Å²) in [5.74, 6) is 1.88. The minimum atomic E-state index is 0.155. The van der Waals surface area contributed by atoms with Gasteiger partial charge in [0.25, 0.3) is 0 Å². The molecule has 126 valence electrons. The van der Waals surface area contributed by atoms with Crippen LogP contribution in [-0.4, -0.2) is 49.2 Å². The van der Waals surface area contributed by atoms with Gasteiger partial charge in [-0.1, -0.05) is 13.8 Å². The fourth-order valence-electron chi connectivity index (χ4n) is 4.11. The number of nitrogens with one attached hydrogen (secondary N) is 1. The quantitative estimate of drug-likeness (QED) is 0.848. The van der Waals surface area contributed by atoms with Gasteiger partial charge in [-0.2, -0.15) is 0 Å². The number of amides is 1. The predicted molar refractivity (Wildman–Crippen MR) is 87.6 cm³/mol. The summed E-state index contributed by atoms with van der Waals surface area (Å²) in [6, 6.07) is 0.448. The largest absolute Gasteiger partial charge is 0.376 e. The second-order valence-electron chi connectivity index (χ2n) is 7.75. The summed E-state index contributed by atoms with van der Waals surface area (Å²) in [6.07, 6.45) is 7.42. The smallest absolute Gasteiger partial charge is 0.226 e. The van der Waals surface area contributed by atoms with Gasteiger partial charge in [0.1, 0.15) is 0 Å². The molecule has 1 N–H and O–H groups in total. The zero-order chi connectivity index (χ0) is 15.5. The van der Waals surface area contributed by atoms with Crippen LogP contribution in [-0.2, 0) is 9.53 Å². The average Bonchev–Trinajstić information content (AvgIpc) is 2.96. The van der Waals surface area contributed by atoms with E-state index in [9.17, 15) is 4.79 Å². The maximum Gasteiger partial charge on any atom is 0.226 e. The van der Waals surface area contributed by atoms with Gasteiger partial charge in [-0.3, -0.25) is 4.79 Å². The third kappa shape index (κ3) is 3.65. The number of carbonyl (C=O) groups excluding carboxylic acids is 1. The maximum absolute atomic E-state index is 13.1. The van der Waals surface area contributed by atoms with Crippen molar-refractivity contribution >= 4 is 5.91 Å². The van der Waals surface area contributed by atoms with E-state index in [1.54, 1.807) is 0 Å². The summed E-state index contributed by atoms with van der Waals surface area (Å²) in [5.41, 5.74) is 0. The second kappa shape index (κ2) is 7.31. The molecule has 3 aliphatic rings. The SMILES string of the molecule is CC1CCC(N(CC2CCCO2)C(=O)C(C)C2CNC2)CC1. The van der Waals surface area contributed by atoms with Crippen LogP contribution in [0.3, 0.4) is 0 Å². The number of carbonyl (C=O) groups is 1. The van der Waals surface area contributed by atoms with E-state index in [0.717, 1.165) is 45.0 Å². The van der Waals surface area contributed by atoms with E-state index < -0.39 is 0 Å². The molecule has 2 atom stereocenters. The van der Waals surface area contributed by atoms with E-state index in [1.165, 1.54) is 25.7 Å². The van der Waals surface area contributed by atoms with E-state index in [-0.39, 0.29) is 12.0 Å². The van der Waals surface area contributed by atoms with Crippen molar-refractivity contribution in [2.24, 2.45) is 17.8 Å². The van der Waals surface area contributed by atoms with Crippen molar-refractivity contribution in [2.45, 2.75) is 64.5 Å². The Morgan fingerprint density at radius 2 is 1.95 bits per heavy atom. The first-order chi connectivity index (χ1) is 10.6. The van der Waals surface area contributed by atoms with E-state index in [4.69, 9.17) is 4.74 Å². The Bertz CT molecular complexity index is 369. The van der Waals surface area contributed by atoms with E-state index in [0.29, 0.717) is 17.9 Å². The summed E-state index contributed by atoms with van der Waals surface area (Å²) in [4.78, 5) is 15.3. The van der Waals surface area contributed by atoms with Crippen molar-refractivity contribution in [3.63, 3.8) is 0 Å². The van der Waals surface area contributed by atoms with Gasteiger partial charge in [-0.25, -0.2) is 0 Å². The second-order valence-corrected chi connectivity index (χ2v) is 7.75. The molecular formula is C18H32N2O2. The lowest BCUT2D eigenvalue weighted by Gasteiger charge is -2.41. The van der Waals surface area contributed by atoms with Crippen LogP contribution in [0.5, 0.6) is 0 Å². The van der Waals surface area contributed by atoms with Crippen LogP contribution in [0.4, 0.5) is 0 Å². The lowest BCUT2D eigenvalue weighted by atomic mass is 9.84. The summed E-state index contributed by atoms with van der Waals surface area (Å²) in [7, 11) is 0. The minimum absolute atomic E-state index is 0.155. The van der Waals surface area contributed by atoms with Gasteiger partial charge in [0, 0.05) is 25.1 Å². The average molecular weight is 308 g/mol. The number of hydrogen-bond acceptors (Lipinski definition) is 3. The van der Waals surface area contributed by atoms with Crippen molar-refractivity contribution in [1.29, 1.82) is 0 Å². The molecule has 22 heavy (non-hydrogen) atoms. The number of nitrogens with zero attached hydrogens (tertiary/aromatic N) is 1. The summed E-state index contributed by atoms with van der Waals surface area (Å²) < 4.78 is 5.82. The molecule has 2 unspecified atom stereocenters. The first kappa shape index (κ1) is 16.3. The van der Waals surface area contributed by atoms with Crippen LogP contribution >= 0.6 is 0 Å². The fourth-order valence-corrected chi connectivity index (χ4v) is 4.11. The van der Waals surface area contributed by atoms with Crippen LogP contribution in [0.15, 0.2) is 0 Å². The molecular weight excluding hydrogens is 276 g/mol. The Morgan fingerprint density at radius 3 is 2.50 bits per heavy atom. The normalized spacial score (nSPS) is 34.2. The van der Waals surface area contributed by atoms with Crippen LogP contribution in [0, 0.1) is 17.8 Å². The number of hydrogen-bond donors (Lipinski definition) is 1. The summed E-state index contributed by atoms with van der Waals surface area (Å²) in [6.45, 7) is 8.16. The molecule has 1 amide bonds. The van der Waals surface area contributed by atoms with Crippen LogP contribution in [0.1, 0.15) is 52.4 Å². The molecule has 0 spiro atoms. The van der Waals surface area contributed by atoms with E-state index >= 15 is 0 Å². The van der Waals surface area contributed by atoms with E-state index in [2.05, 4.69) is 24.1 Å². The summed E-state index contributed by atoms with van der Waals surface area (Å²) >= 11 is 0.